The number of hydrogen-bond donors (Lipinski definition) is 1. The molecule has 0 aliphatic heterocycles. The predicted molar refractivity (Wildman–Crippen MR) is 83.9 cm³/mol. The number of nitrogens with zero attached hydrogens (tertiary/aromatic N) is 2. The van der Waals surface area contributed by atoms with Crippen LogP contribution < -0.4 is 5.32 Å². The van der Waals surface area contributed by atoms with Crippen LogP contribution >= 0.6 is 0 Å². The van der Waals surface area contributed by atoms with Gasteiger partial charge in [0.15, 0.2) is 5.82 Å². The molecule has 4 nitrogen and oxygen atoms in total. The van der Waals surface area contributed by atoms with E-state index in [-0.39, 0.29) is 5.91 Å². The van der Waals surface area contributed by atoms with E-state index >= 15 is 0 Å². The van der Waals surface area contributed by atoms with E-state index in [0.29, 0.717) is 23.9 Å². The molecule has 2 rings (SSSR count). The fourth-order valence-electron chi connectivity index (χ4n) is 2.00. The van der Waals surface area contributed by atoms with Crippen LogP contribution in [0.5, 0.6) is 0 Å². The minimum atomic E-state index is -0.113. The smallest absolute Gasteiger partial charge is 0.254 e. The van der Waals surface area contributed by atoms with Crippen molar-refractivity contribution in [2.75, 3.05) is 6.54 Å². The molecule has 0 aliphatic rings. The quantitative estimate of drug-likeness (QED) is 0.827. The minimum Gasteiger partial charge on any atom is -0.352 e. The standard InChI is InChI=1S/C17H21N3O/c1-13(2)7-6-10-18-17(21)15-11-19-16(20-12-15)14-8-4-3-5-9-14/h3-5,8-9,11-13H,6-7,10H2,1-2H3,(H,18,21). The van der Waals surface area contributed by atoms with E-state index in [2.05, 4.69) is 29.1 Å². The minimum absolute atomic E-state index is 0.113. The summed E-state index contributed by atoms with van der Waals surface area (Å²) in [5.74, 6) is 1.18. The molecule has 0 bridgehead atoms. The summed E-state index contributed by atoms with van der Waals surface area (Å²) in [5, 5.41) is 2.89. The number of carbonyl (C=O) groups excluding carboxylic acids is 1. The summed E-state index contributed by atoms with van der Waals surface area (Å²) < 4.78 is 0. The van der Waals surface area contributed by atoms with Gasteiger partial charge in [0.2, 0.25) is 0 Å². The molecule has 1 aromatic carbocycles. The fourth-order valence-corrected chi connectivity index (χ4v) is 2.00. The molecule has 0 saturated carbocycles. The molecule has 2 aromatic rings. The largest absolute Gasteiger partial charge is 0.352 e. The van der Waals surface area contributed by atoms with E-state index in [1.165, 1.54) is 0 Å². The molecular formula is C17H21N3O. The summed E-state index contributed by atoms with van der Waals surface area (Å²) in [6, 6.07) is 9.71. The Labute approximate surface area is 125 Å². The van der Waals surface area contributed by atoms with Crippen LogP contribution in [0.1, 0.15) is 37.0 Å². The summed E-state index contributed by atoms with van der Waals surface area (Å²) >= 11 is 0. The lowest BCUT2D eigenvalue weighted by Crippen LogP contribution is -2.25. The lowest BCUT2D eigenvalue weighted by Gasteiger charge is -2.07. The third-order valence-electron chi connectivity index (χ3n) is 3.19. The molecule has 1 N–H and O–H groups in total. The van der Waals surface area contributed by atoms with Crippen LogP contribution in [0, 0.1) is 5.92 Å². The summed E-state index contributed by atoms with van der Waals surface area (Å²) in [6.07, 6.45) is 5.26. The van der Waals surface area contributed by atoms with Crippen LogP contribution in [-0.4, -0.2) is 22.4 Å². The number of benzene rings is 1. The number of rotatable bonds is 6. The van der Waals surface area contributed by atoms with Gasteiger partial charge in [-0.05, 0) is 18.8 Å². The molecule has 21 heavy (non-hydrogen) atoms. The SMILES string of the molecule is CC(C)CCCNC(=O)c1cnc(-c2ccccc2)nc1. The van der Waals surface area contributed by atoms with Crippen LogP contribution in [0.4, 0.5) is 0 Å². The third kappa shape index (κ3) is 4.67. The Hall–Kier alpha value is -2.23. The topological polar surface area (TPSA) is 54.9 Å². The lowest BCUT2D eigenvalue weighted by molar-refractivity contribution is 0.0952. The van der Waals surface area contributed by atoms with Crippen molar-refractivity contribution in [1.82, 2.24) is 15.3 Å². The first-order valence-electron chi connectivity index (χ1n) is 7.32. The van der Waals surface area contributed by atoms with Crippen LogP contribution in [0.15, 0.2) is 42.7 Å². The average Bonchev–Trinajstić information content (AvgIpc) is 2.52. The van der Waals surface area contributed by atoms with Crippen LogP contribution in [-0.2, 0) is 0 Å². The highest BCUT2D eigenvalue weighted by Crippen LogP contribution is 2.13. The van der Waals surface area contributed by atoms with Gasteiger partial charge in [0.1, 0.15) is 0 Å². The maximum Gasteiger partial charge on any atom is 0.254 e. The van der Waals surface area contributed by atoms with Gasteiger partial charge in [-0.2, -0.15) is 0 Å². The van der Waals surface area contributed by atoms with Gasteiger partial charge in [-0.25, -0.2) is 9.97 Å². The average molecular weight is 283 g/mol. The first-order chi connectivity index (χ1) is 10.2. The molecule has 1 heterocycles. The zero-order valence-corrected chi connectivity index (χ0v) is 12.5. The monoisotopic (exact) mass is 283 g/mol. The van der Waals surface area contributed by atoms with E-state index < -0.39 is 0 Å². The molecule has 1 amide bonds. The van der Waals surface area contributed by atoms with E-state index in [9.17, 15) is 4.79 Å². The van der Waals surface area contributed by atoms with Crippen molar-refractivity contribution >= 4 is 5.91 Å². The molecule has 0 aliphatic carbocycles. The lowest BCUT2D eigenvalue weighted by atomic mass is 10.1. The van der Waals surface area contributed by atoms with Crippen LogP contribution in [0.2, 0.25) is 0 Å². The van der Waals surface area contributed by atoms with Crippen molar-refractivity contribution in [2.24, 2.45) is 5.92 Å². The van der Waals surface area contributed by atoms with Gasteiger partial charge >= 0.3 is 0 Å². The Kier molecular flexibility index (Phi) is 5.43. The zero-order valence-electron chi connectivity index (χ0n) is 12.5. The predicted octanol–water partition coefficient (Wildman–Crippen LogP) is 3.31. The molecule has 110 valence electrons. The Balaban J connectivity index is 1.91. The second kappa shape index (κ2) is 7.53. The third-order valence-corrected chi connectivity index (χ3v) is 3.19. The van der Waals surface area contributed by atoms with Gasteiger partial charge < -0.3 is 5.32 Å². The van der Waals surface area contributed by atoms with Gasteiger partial charge in [0, 0.05) is 24.5 Å². The van der Waals surface area contributed by atoms with E-state index in [1.807, 2.05) is 30.3 Å². The molecule has 0 spiro atoms. The first kappa shape index (κ1) is 15.2. The Morgan fingerprint density at radius 1 is 1.14 bits per heavy atom. The van der Waals surface area contributed by atoms with Crippen molar-refractivity contribution < 1.29 is 4.79 Å². The molecule has 0 unspecified atom stereocenters. The van der Waals surface area contributed by atoms with Crippen molar-refractivity contribution in [2.45, 2.75) is 26.7 Å². The maximum absolute atomic E-state index is 11.9. The highest BCUT2D eigenvalue weighted by molar-refractivity contribution is 5.93. The summed E-state index contributed by atoms with van der Waals surface area (Å²) in [4.78, 5) is 20.5. The second-order valence-corrected chi connectivity index (χ2v) is 5.45. The van der Waals surface area contributed by atoms with E-state index in [4.69, 9.17) is 0 Å². The van der Waals surface area contributed by atoms with E-state index in [1.54, 1.807) is 12.4 Å². The van der Waals surface area contributed by atoms with Gasteiger partial charge in [-0.15, -0.1) is 0 Å². The molecule has 0 atom stereocenters. The summed E-state index contributed by atoms with van der Waals surface area (Å²) in [7, 11) is 0. The van der Waals surface area contributed by atoms with Gasteiger partial charge in [0.25, 0.3) is 5.91 Å². The van der Waals surface area contributed by atoms with Crippen LogP contribution in [0.25, 0.3) is 11.4 Å². The second-order valence-electron chi connectivity index (χ2n) is 5.45. The molecule has 0 fully saturated rings. The van der Waals surface area contributed by atoms with E-state index in [0.717, 1.165) is 18.4 Å². The molecular weight excluding hydrogens is 262 g/mol. The Bertz CT molecular complexity index is 564. The number of aromatic nitrogens is 2. The highest BCUT2D eigenvalue weighted by Gasteiger charge is 2.07. The molecule has 4 heteroatoms. The van der Waals surface area contributed by atoms with Crippen molar-refractivity contribution in [3.8, 4) is 11.4 Å². The Morgan fingerprint density at radius 3 is 2.43 bits per heavy atom. The van der Waals surface area contributed by atoms with Crippen molar-refractivity contribution in [3.05, 3.63) is 48.3 Å². The number of carbonyl (C=O) groups is 1. The van der Waals surface area contributed by atoms with Gasteiger partial charge in [-0.1, -0.05) is 44.2 Å². The normalized spacial score (nSPS) is 10.6. The van der Waals surface area contributed by atoms with Crippen molar-refractivity contribution in [1.29, 1.82) is 0 Å². The summed E-state index contributed by atoms with van der Waals surface area (Å²) in [6.45, 7) is 5.05. The highest BCUT2D eigenvalue weighted by atomic mass is 16.1. The summed E-state index contributed by atoms with van der Waals surface area (Å²) in [5.41, 5.74) is 1.45. The maximum atomic E-state index is 11.9. The molecule has 0 radical (unpaired) electrons. The zero-order chi connectivity index (χ0) is 15.1. The number of hydrogen-bond acceptors (Lipinski definition) is 3. The molecule has 0 saturated heterocycles. The van der Waals surface area contributed by atoms with Gasteiger partial charge in [0.05, 0.1) is 5.56 Å². The number of amides is 1. The Morgan fingerprint density at radius 2 is 1.81 bits per heavy atom. The van der Waals surface area contributed by atoms with Crippen molar-refractivity contribution in [3.63, 3.8) is 0 Å². The molecule has 1 aromatic heterocycles. The first-order valence-corrected chi connectivity index (χ1v) is 7.32. The van der Waals surface area contributed by atoms with Gasteiger partial charge in [-0.3, -0.25) is 4.79 Å². The van der Waals surface area contributed by atoms with Crippen LogP contribution in [0.3, 0.4) is 0 Å². The fraction of sp³-hybridized carbons (Fsp3) is 0.353. The number of nitrogens with one attached hydrogen (secondary N) is 1.